The molecule has 0 radical (unpaired) electrons. The molecule has 0 fully saturated rings. The van der Waals surface area contributed by atoms with Gasteiger partial charge in [-0.25, -0.2) is 15.0 Å². The SMILES string of the molecule is NC1=Nc2cccc(Oc3cc(-c4ccc(C(F)(F)F)cc4)ncn3)c2NC1. The number of aromatic nitrogens is 2. The molecule has 142 valence electrons. The zero-order valence-corrected chi connectivity index (χ0v) is 14.4. The first-order chi connectivity index (χ1) is 13.4. The van der Waals surface area contributed by atoms with Crippen LogP contribution < -0.4 is 15.8 Å². The van der Waals surface area contributed by atoms with Gasteiger partial charge in [-0.3, -0.25) is 0 Å². The molecule has 0 unspecified atom stereocenters. The molecule has 0 saturated carbocycles. The number of nitrogens with two attached hydrogens (primary N) is 1. The fourth-order valence-corrected chi connectivity index (χ4v) is 2.74. The third kappa shape index (κ3) is 3.59. The van der Waals surface area contributed by atoms with Crippen LogP contribution in [-0.4, -0.2) is 22.3 Å². The highest BCUT2D eigenvalue weighted by molar-refractivity contribution is 5.94. The summed E-state index contributed by atoms with van der Waals surface area (Å²) < 4.78 is 44.0. The molecule has 2 aromatic carbocycles. The maximum absolute atomic E-state index is 12.7. The number of rotatable bonds is 3. The van der Waals surface area contributed by atoms with Crippen molar-refractivity contribution in [3.63, 3.8) is 0 Å². The zero-order valence-electron chi connectivity index (χ0n) is 14.4. The molecule has 6 nitrogen and oxygen atoms in total. The minimum atomic E-state index is -4.39. The lowest BCUT2D eigenvalue weighted by Crippen LogP contribution is -2.25. The smallest absolute Gasteiger partial charge is 0.416 e. The molecule has 0 amide bonds. The van der Waals surface area contributed by atoms with E-state index >= 15 is 0 Å². The van der Waals surface area contributed by atoms with Crippen molar-refractivity contribution < 1.29 is 17.9 Å². The second-order valence-electron chi connectivity index (χ2n) is 6.03. The maximum atomic E-state index is 12.7. The lowest BCUT2D eigenvalue weighted by molar-refractivity contribution is -0.137. The van der Waals surface area contributed by atoms with Gasteiger partial charge in [0, 0.05) is 11.6 Å². The number of fused-ring (bicyclic) bond motifs is 1. The van der Waals surface area contributed by atoms with Gasteiger partial charge in [-0.1, -0.05) is 18.2 Å². The van der Waals surface area contributed by atoms with Gasteiger partial charge in [0.15, 0.2) is 5.75 Å². The highest BCUT2D eigenvalue weighted by atomic mass is 19.4. The quantitative estimate of drug-likeness (QED) is 0.699. The number of hydrogen-bond donors (Lipinski definition) is 2. The summed E-state index contributed by atoms with van der Waals surface area (Å²) in [7, 11) is 0. The Morgan fingerprint density at radius 3 is 2.57 bits per heavy atom. The lowest BCUT2D eigenvalue weighted by Gasteiger charge is -2.18. The van der Waals surface area contributed by atoms with E-state index in [0.717, 1.165) is 12.1 Å². The van der Waals surface area contributed by atoms with Crippen LogP contribution in [0.4, 0.5) is 24.5 Å². The summed E-state index contributed by atoms with van der Waals surface area (Å²) in [4.78, 5) is 12.5. The molecule has 2 heterocycles. The van der Waals surface area contributed by atoms with Crippen molar-refractivity contribution in [2.24, 2.45) is 10.7 Å². The number of nitrogens with one attached hydrogen (secondary N) is 1. The van der Waals surface area contributed by atoms with Crippen molar-refractivity contribution in [3.05, 3.63) is 60.4 Å². The number of para-hydroxylation sites is 1. The van der Waals surface area contributed by atoms with Gasteiger partial charge in [0.05, 0.1) is 23.5 Å². The fourth-order valence-electron chi connectivity index (χ4n) is 2.74. The first kappa shape index (κ1) is 17.8. The zero-order chi connectivity index (χ0) is 19.7. The minimum absolute atomic E-state index is 0.252. The summed E-state index contributed by atoms with van der Waals surface area (Å²) >= 11 is 0. The van der Waals surface area contributed by atoms with Crippen LogP contribution in [-0.2, 0) is 6.18 Å². The van der Waals surface area contributed by atoms with Crippen LogP contribution in [0.2, 0.25) is 0 Å². The third-order valence-corrected chi connectivity index (χ3v) is 4.08. The lowest BCUT2D eigenvalue weighted by atomic mass is 10.1. The van der Waals surface area contributed by atoms with E-state index in [1.165, 1.54) is 18.5 Å². The van der Waals surface area contributed by atoms with Crippen molar-refractivity contribution >= 4 is 17.2 Å². The number of nitrogens with zero attached hydrogens (tertiary/aromatic N) is 3. The van der Waals surface area contributed by atoms with Crippen molar-refractivity contribution in [1.29, 1.82) is 0 Å². The Kier molecular flexibility index (Phi) is 4.34. The Bertz CT molecular complexity index is 1050. The molecule has 1 aliphatic rings. The predicted octanol–water partition coefficient (Wildman–Crippen LogP) is 4.37. The second-order valence-corrected chi connectivity index (χ2v) is 6.03. The van der Waals surface area contributed by atoms with Crippen LogP contribution in [0.5, 0.6) is 11.6 Å². The number of amidine groups is 1. The number of benzene rings is 2. The molecule has 4 rings (SSSR count). The van der Waals surface area contributed by atoms with E-state index in [1.807, 2.05) is 0 Å². The Labute approximate surface area is 157 Å². The van der Waals surface area contributed by atoms with E-state index in [-0.39, 0.29) is 5.88 Å². The average molecular weight is 385 g/mol. The van der Waals surface area contributed by atoms with Gasteiger partial charge in [0.1, 0.15) is 17.9 Å². The molecular weight excluding hydrogens is 371 g/mol. The fraction of sp³-hybridized carbons (Fsp3) is 0.105. The van der Waals surface area contributed by atoms with E-state index in [9.17, 15) is 13.2 Å². The summed E-state index contributed by atoms with van der Waals surface area (Å²) in [6.07, 6.45) is -3.09. The predicted molar refractivity (Wildman–Crippen MR) is 98.8 cm³/mol. The number of hydrogen-bond acceptors (Lipinski definition) is 6. The van der Waals surface area contributed by atoms with Crippen LogP contribution in [0.1, 0.15) is 5.56 Å². The van der Waals surface area contributed by atoms with E-state index < -0.39 is 11.7 Å². The van der Waals surface area contributed by atoms with E-state index in [4.69, 9.17) is 10.5 Å². The van der Waals surface area contributed by atoms with Gasteiger partial charge in [-0.15, -0.1) is 0 Å². The molecule has 9 heteroatoms. The summed E-state index contributed by atoms with van der Waals surface area (Å²) in [6.45, 7) is 0.397. The monoisotopic (exact) mass is 385 g/mol. The highest BCUT2D eigenvalue weighted by Crippen LogP contribution is 2.38. The normalized spacial score (nSPS) is 13.3. The number of anilines is 1. The van der Waals surface area contributed by atoms with Crippen LogP contribution in [0, 0.1) is 0 Å². The van der Waals surface area contributed by atoms with Crippen molar-refractivity contribution in [3.8, 4) is 22.9 Å². The molecule has 0 bridgehead atoms. The van der Waals surface area contributed by atoms with Crippen LogP contribution >= 0.6 is 0 Å². The Hall–Kier alpha value is -3.62. The maximum Gasteiger partial charge on any atom is 0.416 e. The van der Waals surface area contributed by atoms with Gasteiger partial charge in [-0.05, 0) is 24.3 Å². The molecule has 0 spiro atoms. The molecule has 28 heavy (non-hydrogen) atoms. The van der Waals surface area contributed by atoms with Gasteiger partial charge >= 0.3 is 6.18 Å². The Morgan fingerprint density at radius 2 is 1.82 bits per heavy atom. The molecule has 0 atom stereocenters. The van der Waals surface area contributed by atoms with E-state index in [2.05, 4.69) is 20.3 Å². The van der Waals surface area contributed by atoms with Crippen molar-refractivity contribution in [2.75, 3.05) is 11.9 Å². The second kappa shape index (κ2) is 6.84. The number of aliphatic imine (C=N–C) groups is 1. The van der Waals surface area contributed by atoms with Crippen molar-refractivity contribution in [2.45, 2.75) is 6.18 Å². The molecule has 0 saturated heterocycles. The highest BCUT2D eigenvalue weighted by Gasteiger charge is 2.30. The number of halogens is 3. The van der Waals surface area contributed by atoms with Gasteiger partial charge in [0.25, 0.3) is 0 Å². The standard InChI is InChI=1S/C19H14F3N5O/c20-19(21,22)12-6-4-11(5-7-12)14-8-17(26-10-25-14)28-15-3-1-2-13-18(15)24-9-16(23)27-13/h1-8,10,24H,9H2,(H2,23,27). The molecule has 3 N–H and O–H groups in total. The van der Waals surface area contributed by atoms with Crippen LogP contribution in [0.3, 0.4) is 0 Å². The average Bonchev–Trinajstić information content (AvgIpc) is 2.68. The van der Waals surface area contributed by atoms with Gasteiger partial charge in [0.2, 0.25) is 5.88 Å². The molecule has 3 aromatic rings. The molecule has 0 aliphatic carbocycles. The molecule has 1 aromatic heterocycles. The van der Waals surface area contributed by atoms with Crippen molar-refractivity contribution in [1.82, 2.24) is 9.97 Å². The summed E-state index contributed by atoms with van der Waals surface area (Å²) in [6, 6.07) is 11.6. The third-order valence-electron chi connectivity index (χ3n) is 4.08. The number of alkyl halides is 3. The van der Waals surface area contributed by atoms with Crippen LogP contribution in [0.25, 0.3) is 11.3 Å². The summed E-state index contributed by atoms with van der Waals surface area (Å²) in [5, 5.41) is 3.14. The Balaban J connectivity index is 1.61. The summed E-state index contributed by atoms with van der Waals surface area (Å²) in [5.74, 6) is 1.23. The van der Waals surface area contributed by atoms with Crippen LogP contribution in [0.15, 0.2) is 59.9 Å². The van der Waals surface area contributed by atoms with Gasteiger partial charge in [-0.2, -0.15) is 13.2 Å². The first-order valence-electron chi connectivity index (χ1n) is 8.27. The topological polar surface area (TPSA) is 85.4 Å². The Morgan fingerprint density at radius 1 is 1.04 bits per heavy atom. The minimum Gasteiger partial charge on any atom is -0.437 e. The van der Waals surface area contributed by atoms with E-state index in [0.29, 0.717) is 40.8 Å². The number of ether oxygens (including phenoxy) is 1. The van der Waals surface area contributed by atoms with E-state index in [1.54, 1.807) is 24.3 Å². The summed E-state index contributed by atoms with van der Waals surface area (Å²) in [5.41, 5.74) is 7.31. The molecular formula is C19H14F3N5O. The molecule has 1 aliphatic heterocycles. The van der Waals surface area contributed by atoms with Gasteiger partial charge < -0.3 is 15.8 Å². The largest absolute Gasteiger partial charge is 0.437 e. The first-order valence-corrected chi connectivity index (χ1v) is 8.27.